The van der Waals surface area contributed by atoms with E-state index in [-0.39, 0.29) is 0 Å². The zero-order valence-corrected chi connectivity index (χ0v) is 10.1. The summed E-state index contributed by atoms with van der Waals surface area (Å²) in [4.78, 5) is 8.17. The van der Waals surface area contributed by atoms with Crippen molar-refractivity contribution < 1.29 is 0 Å². The third-order valence-electron chi connectivity index (χ3n) is 2.49. The van der Waals surface area contributed by atoms with Crippen LogP contribution in [0.5, 0.6) is 0 Å². The molecule has 2 heterocycles. The Balaban J connectivity index is 1.87. The average molecular weight is 247 g/mol. The van der Waals surface area contributed by atoms with Crippen LogP contribution in [-0.2, 0) is 0 Å². The summed E-state index contributed by atoms with van der Waals surface area (Å²) in [7, 11) is 0. The molecule has 4 N–H and O–H groups in total. The smallest absolute Gasteiger partial charge is 0.212 e. The molecule has 1 aliphatic rings. The van der Waals surface area contributed by atoms with E-state index < -0.39 is 0 Å². The molecule has 0 aliphatic carbocycles. The van der Waals surface area contributed by atoms with Crippen molar-refractivity contribution in [1.82, 2.24) is 20.8 Å². The van der Waals surface area contributed by atoms with Crippen LogP contribution in [0.3, 0.4) is 0 Å². The summed E-state index contributed by atoms with van der Waals surface area (Å²) in [6.07, 6.45) is 7.40. The first-order valence-electron chi connectivity index (χ1n) is 6.04. The van der Waals surface area contributed by atoms with Crippen LogP contribution in [0.25, 0.3) is 0 Å². The fourth-order valence-electron chi connectivity index (χ4n) is 1.54. The highest BCUT2D eigenvalue weighted by molar-refractivity contribution is 5.99. The van der Waals surface area contributed by atoms with Gasteiger partial charge in [0.25, 0.3) is 0 Å². The summed E-state index contributed by atoms with van der Waals surface area (Å²) in [6, 6.07) is 1.76. The second kappa shape index (κ2) is 6.65. The third kappa shape index (κ3) is 3.49. The monoisotopic (exact) mass is 247 g/mol. The van der Waals surface area contributed by atoms with Crippen molar-refractivity contribution in [2.75, 3.05) is 6.54 Å². The van der Waals surface area contributed by atoms with E-state index in [9.17, 15) is 0 Å². The molecule has 0 fully saturated rings. The Kier molecular flexibility index (Phi) is 4.60. The van der Waals surface area contributed by atoms with Crippen molar-refractivity contribution in [3.8, 4) is 0 Å². The number of amidine groups is 2. The lowest BCUT2D eigenvalue weighted by atomic mass is 10.2. The van der Waals surface area contributed by atoms with Gasteiger partial charge in [-0.05, 0) is 25.5 Å². The predicted molar refractivity (Wildman–Crippen MR) is 69.8 cm³/mol. The zero-order valence-electron chi connectivity index (χ0n) is 10.1. The van der Waals surface area contributed by atoms with Crippen LogP contribution in [-0.4, -0.2) is 28.2 Å². The Morgan fingerprint density at radius 3 is 2.50 bits per heavy atom. The number of hydrogen-bond donors (Lipinski definition) is 3. The second-order valence-electron chi connectivity index (χ2n) is 3.92. The van der Waals surface area contributed by atoms with Gasteiger partial charge in [0.15, 0.2) is 5.82 Å². The Morgan fingerprint density at radius 1 is 1.00 bits per heavy atom. The van der Waals surface area contributed by atoms with Crippen molar-refractivity contribution in [3.63, 3.8) is 0 Å². The van der Waals surface area contributed by atoms with Gasteiger partial charge in [0.1, 0.15) is 5.84 Å². The molecular weight excluding hydrogens is 230 g/mol. The lowest BCUT2D eigenvalue weighted by Crippen LogP contribution is -2.45. The van der Waals surface area contributed by atoms with Gasteiger partial charge in [-0.25, -0.2) is 9.97 Å². The quantitative estimate of drug-likeness (QED) is 0.622. The van der Waals surface area contributed by atoms with Crippen molar-refractivity contribution in [3.05, 3.63) is 24.3 Å². The van der Waals surface area contributed by atoms with Gasteiger partial charge in [0.05, 0.1) is 0 Å². The van der Waals surface area contributed by atoms with E-state index >= 15 is 0 Å². The fourth-order valence-corrected chi connectivity index (χ4v) is 1.54. The van der Waals surface area contributed by atoms with Gasteiger partial charge in [0.2, 0.25) is 5.84 Å². The molecule has 0 amide bonds. The van der Waals surface area contributed by atoms with Gasteiger partial charge in [-0.2, -0.15) is 0 Å². The second-order valence-corrected chi connectivity index (χ2v) is 3.92. The first-order valence-corrected chi connectivity index (χ1v) is 6.04. The molecule has 0 saturated heterocycles. The number of nitrogens with two attached hydrogens (primary N) is 1. The van der Waals surface area contributed by atoms with Crippen LogP contribution in [0.15, 0.2) is 28.7 Å². The molecule has 7 heteroatoms. The largest absolute Gasteiger partial charge is 0.330 e. The lowest BCUT2D eigenvalue weighted by molar-refractivity contribution is 0.685. The van der Waals surface area contributed by atoms with Crippen LogP contribution in [0.2, 0.25) is 0 Å². The standard InChI is InChI=1S/C11H17N7/c12-6-3-1-2-5-9-15-17-11(18-16-9)10-13-7-4-8-14-10/h4,7-8H,1-3,5-6,12H2,(H,15,16)(H,17,18). The number of hydrogen-bond acceptors (Lipinski definition) is 7. The highest BCUT2D eigenvalue weighted by Gasteiger charge is 2.11. The molecule has 0 spiro atoms. The average Bonchev–Trinajstić information content (AvgIpc) is 2.45. The topological polar surface area (TPSA) is 101 Å². The summed E-state index contributed by atoms with van der Waals surface area (Å²) in [5, 5.41) is 8.17. The highest BCUT2D eigenvalue weighted by atomic mass is 15.5. The minimum Gasteiger partial charge on any atom is -0.330 e. The molecule has 18 heavy (non-hydrogen) atoms. The van der Waals surface area contributed by atoms with Crippen LogP contribution < -0.4 is 16.6 Å². The number of unbranched alkanes of at least 4 members (excludes halogenated alkanes) is 2. The number of hydrazine groups is 1. The van der Waals surface area contributed by atoms with Crippen molar-refractivity contribution >= 4 is 11.7 Å². The molecule has 96 valence electrons. The lowest BCUT2D eigenvalue weighted by Gasteiger charge is -2.15. The van der Waals surface area contributed by atoms with Crippen molar-refractivity contribution in [2.45, 2.75) is 25.7 Å². The normalized spacial score (nSPS) is 14.3. The summed E-state index contributed by atoms with van der Waals surface area (Å²) in [5.74, 6) is 1.88. The maximum Gasteiger partial charge on any atom is 0.212 e. The van der Waals surface area contributed by atoms with Crippen molar-refractivity contribution in [1.29, 1.82) is 0 Å². The van der Waals surface area contributed by atoms with Gasteiger partial charge in [-0.1, -0.05) is 6.42 Å². The van der Waals surface area contributed by atoms with E-state index in [0.717, 1.165) is 38.1 Å². The van der Waals surface area contributed by atoms with Gasteiger partial charge in [-0.3, -0.25) is 10.9 Å². The molecule has 0 saturated carbocycles. The zero-order chi connectivity index (χ0) is 12.6. The molecule has 7 nitrogen and oxygen atoms in total. The molecule has 0 atom stereocenters. The number of rotatable bonds is 6. The van der Waals surface area contributed by atoms with E-state index in [1.165, 1.54) is 0 Å². The van der Waals surface area contributed by atoms with Crippen molar-refractivity contribution in [2.24, 2.45) is 15.9 Å². The summed E-state index contributed by atoms with van der Waals surface area (Å²) >= 11 is 0. The van der Waals surface area contributed by atoms with E-state index in [2.05, 4.69) is 31.0 Å². The van der Waals surface area contributed by atoms with E-state index in [1.807, 2.05) is 0 Å². The first-order chi connectivity index (χ1) is 8.90. The summed E-state index contributed by atoms with van der Waals surface area (Å²) < 4.78 is 0. The van der Waals surface area contributed by atoms with Gasteiger partial charge >= 0.3 is 0 Å². The number of nitrogens with zero attached hydrogens (tertiary/aromatic N) is 4. The molecule has 0 aromatic carbocycles. The summed E-state index contributed by atoms with van der Waals surface area (Å²) in [6.45, 7) is 0.742. The van der Waals surface area contributed by atoms with Crippen LogP contribution in [0.4, 0.5) is 0 Å². The minimum absolute atomic E-state index is 0.524. The first kappa shape index (κ1) is 12.4. The molecule has 1 aromatic heterocycles. The molecule has 0 bridgehead atoms. The SMILES string of the molecule is NCCCCCC1=NN=C(c2ncccn2)NN1. The van der Waals surface area contributed by atoms with E-state index in [1.54, 1.807) is 18.5 Å². The Bertz CT molecular complexity index is 426. The molecule has 2 rings (SSSR count). The predicted octanol–water partition coefficient (Wildman–Crippen LogP) is 0.164. The minimum atomic E-state index is 0.524. The van der Waals surface area contributed by atoms with Crippen LogP contribution >= 0.6 is 0 Å². The Labute approximate surface area is 106 Å². The Hall–Kier alpha value is -2.02. The van der Waals surface area contributed by atoms with Crippen LogP contribution in [0.1, 0.15) is 31.5 Å². The molecular formula is C11H17N7. The number of nitrogens with one attached hydrogen (secondary N) is 2. The third-order valence-corrected chi connectivity index (χ3v) is 2.49. The highest BCUT2D eigenvalue weighted by Crippen LogP contribution is 2.02. The van der Waals surface area contributed by atoms with Gasteiger partial charge in [0, 0.05) is 18.8 Å². The summed E-state index contributed by atoms with van der Waals surface area (Å²) in [5.41, 5.74) is 11.4. The van der Waals surface area contributed by atoms with Crippen LogP contribution in [0, 0.1) is 0 Å². The Morgan fingerprint density at radius 2 is 1.83 bits per heavy atom. The van der Waals surface area contributed by atoms with Gasteiger partial charge in [-0.15, -0.1) is 10.2 Å². The van der Waals surface area contributed by atoms with E-state index in [4.69, 9.17) is 5.73 Å². The molecule has 1 aliphatic heterocycles. The fraction of sp³-hybridized carbons (Fsp3) is 0.455. The maximum absolute atomic E-state index is 5.44. The molecule has 1 aromatic rings. The van der Waals surface area contributed by atoms with E-state index in [0.29, 0.717) is 11.7 Å². The number of aromatic nitrogens is 2. The maximum atomic E-state index is 5.44. The van der Waals surface area contributed by atoms with Gasteiger partial charge < -0.3 is 5.73 Å². The molecule has 0 radical (unpaired) electrons. The molecule has 0 unspecified atom stereocenters.